The number of halogens is 1. The zero-order valence-electron chi connectivity index (χ0n) is 19.9. The Kier molecular flexibility index (Phi) is 6.17. The number of anilines is 1. The number of allylic oxidation sites excluding steroid dienone is 1. The normalized spacial score (nSPS) is 17.9. The van der Waals surface area contributed by atoms with Crippen molar-refractivity contribution in [1.29, 1.82) is 0 Å². The fraction of sp³-hybridized carbons (Fsp3) is 0.231. The van der Waals surface area contributed by atoms with E-state index in [2.05, 4.69) is 26.2 Å². The Morgan fingerprint density at radius 2 is 1.97 bits per heavy atom. The molecule has 10 heteroatoms. The molecule has 1 aromatic heterocycles. The summed E-state index contributed by atoms with van der Waals surface area (Å²) in [6, 6.07) is 11.8. The number of benzene rings is 2. The molecule has 0 radical (unpaired) electrons. The second-order valence-corrected chi connectivity index (χ2v) is 10.5. The van der Waals surface area contributed by atoms with Crippen molar-refractivity contribution in [3.63, 3.8) is 0 Å². The third kappa shape index (κ3) is 4.00. The van der Waals surface area contributed by atoms with Crippen molar-refractivity contribution in [3.05, 3.63) is 89.0 Å². The van der Waals surface area contributed by atoms with Crippen molar-refractivity contribution in [1.82, 2.24) is 4.57 Å². The Hall–Kier alpha value is -3.50. The van der Waals surface area contributed by atoms with Gasteiger partial charge in [0, 0.05) is 15.7 Å². The minimum absolute atomic E-state index is 0.252. The monoisotopic (exact) mass is 567 g/mol. The maximum Gasteiger partial charge on any atom is 0.338 e. The largest absolute Gasteiger partial charge is 0.497 e. The molecule has 2 aliphatic heterocycles. The molecule has 3 aromatic rings. The van der Waals surface area contributed by atoms with Gasteiger partial charge >= 0.3 is 5.97 Å². The highest BCUT2D eigenvalue weighted by atomic mass is 79.9. The number of fused-ring (bicyclic) bond motifs is 2. The van der Waals surface area contributed by atoms with Crippen molar-refractivity contribution in [2.75, 3.05) is 12.4 Å². The van der Waals surface area contributed by atoms with Gasteiger partial charge in [-0.1, -0.05) is 39.4 Å². The van der Waals surface area contributed by atoms with E-state index >= 15 is 0 Å². The van der Waals surface area contributed by atoms with Crippen LogP contribution in [-0.2, 0) is 14.3 Å². The summed E-state index contributed by atoms with van der Waals surface area (Å²) in [6.07, 6.45) is -0.354. The van der Waals surface area contributed by atoms with Crippen molar-refractivity contribution >= 4 is 50.4 Å². The van der Waals surface area contributed by atoms with Gasteiger partial charge in [0.05, 0.1) is 36.1 Å². The van der Waals surface area contributed by atoms with Crippen LogP contribution in [0.25, 0.3) is 5.57 Å². The molecular formula is C26H22BrN3O5S. The molecule has 2 aromatic carbocycles. The van der Waals surface area contributed by atoms with Gasteiger partial charge in [0.15, 0.2) is 4.80 Å². The van der Waals surface area contributed by atoms with Gasteiger partial charge in [-0.3, -0.25) is 14.2 Å². The topological polar surface area (TPSA) is 99.0 Å². The lowest BCUT2D eigenvalue weighted by atomic mass is 9.95. The molecule has 0 fully saturated rings. The molecule has 0 saturated heterocycles. The molecule has 2 aliphatic rings. The predicted molar refractivity (Wildman–Crippen MR) is 140 cm³/mol. The molecule has 5 rings (SSSR count). The number of hydrogen-bond donors (Lipinski definition) is 1. The fourth-order valence-electron chi connectivity index (χ4n) is 4.40. The standard InChI is InChI=1S/C26H22BrN3O5S/c1-12(2)35-25(33)19-13(3)28-26-30(21(19)14-6-5-7-16(10-14)34-4)24(32)22(36-26)20-17-11-15(27)8-9-18(17)29-23(20)31/h5-12,21H,1-4H3,(H,29,31)/b22-20+/t21-/m1/s1. The van der Waals surface area contributed by atoms with Gasteiger partial charge in [-0.05, 0) is 56.7 Å². The second-order valence-electron chi connectivity index (χ2n) is 8.65. The van der Waals surface area contributed by atoms with Gasteiger partial charge < -0.3 is 14.8 Å². The first kappa shape index (κ1) is 24.2. The van der Waals surface area contributed by atoms with Gasteiger partial charge in [-0.25, -0.2) is 9.79 Å². The average molecular weight is 568 g/mol. The van der Waals surface area contributed by atoms with E-state index in [-0.39, 0.29) is 27.7 Å². The third-order valence-electron chi connectivity index (χ3n) is 5.92. The van der Waals surface area contributed by atoms with E-state index in [1.165, 1.54) is 4.57 Å². The zero-order chi connectivity index (χ0) is 25.7. The van der Waals surface area contributed by atoms with E-state index in [9.17, 15) is 14.4 Å². The molecule has 0 bridgehead atoms. The molecule has 0 unspecified atom stereocenters. The van der Waals surface area contributed by atoms with Crippen molar-refractivity contribution in [2.24, 2.45) is 4.99 Å². The van der Waals surface area contributed by atoms with Crippen LogP contribution >= 0.6 is 27.3 Å². The summed E-state index contributed by atoms with van der Waals surface area (Å²) in [5.74, 6) is -0.330. The first-order valence-electron chi connectivity index (χ1n) is 11.2. The van der Waals surface area contributed by atoms with Crippen LogP contribution in [0.4, 0.5) is 5.69 Å². The van der Waals surface area contributed by atoms with E-state index < -0.39 is 17.6 Å². The van der Waals surface area contributed by atoms with Crippen molar-refractivity contribution in [3.8, 4) is 5.75 Å². The average Bonchev–Trinajstić information content (AvgIpc) is 3.32. The van der Waals surface area contributed by atoms with Crippen LogP contribution in [0.1, 0.15) is 37.9 Å². The number of amides is 1. The number of thiazole rings is 1. The summed E-state index contributed by atoms with van der Waals surface area (Å²) in [5, 5.41) is 2.83. The maximum atomic E-state index is 14.0. The van der Waals surface area contributed by atoms with Crippen LogP contribution < -0.4 is 24.9 Å². The lowest BCUT2D eigenvalue weighted by Crippen LogP contribution is -2.40. The van der Waals surface area contributed by atoms with E-state index in [0.717, 1.165) is 15.8 Å². The Morgan fingerprint density at radius 3 is 2.69 bits per heavy atom. The predicted octanol–water partition coefficient (Wildman–Crippen LogP) is 3.28. The Bertz CT molecular complexity index is 1650. The third-order valence-corrected chi connectivity index (χ3v) is 7.47. The van der Waals surface area contributed by atoms with Gasteiger partial charge in [0.2, 0.25) is 0 Å². The van der Waals surface area contributed by atoms with E-state index in [4.69, 9.17) is 9.47 Å². The molecule has 0 saturated carbocycles. The molecule has 0 spiro atoms. The zero-order valence-corrected chi connectivity index (χ0v) is 22.3. The minimum Gasteiger partial charge on any atom is -0.497 e. The molecular weight excluding hydrogens is 546 g/mol. The smallest absolute Gasteiger partial charge is 0.338 e. The van der Waals surface area contributed by atoms with Crippen LogP contribution in [0.3, 0.4) is 0 Å². The molecule has 36 heavy (non-hydrogen) atoms. The minimum atomic E-state index is -0.802. The number of hydrogen-bond acceptors (Lipinski definition) is 7. The summed E-state index contributed by atoms with van der Waals surface area (Å²) < 4.78 is 13.4. The highest BCUT2D eigenvalue weighted by molar-refractivity contribution is 9.10. The molecule has 0 aliphatic carbocycles. The number of ether oxygens (including phenoxy) is 2. The maximum absolute atomic E-state index is 14.0. The summed E-state index contributed by atoms with van der Waals surface area (Å²) in [7, 11) is 1.55. The lowest BCUT2D eigenvalue weighted by molar-refractivity contribution is -0.143. The summed E-state index contributed by atoms with van der Waals surface area (Å²) >= 11 is 4.57. The highest BCUT2D eigenvalue weighted by Crippen LogP contribution is 2.34. The fourth-order valence-corrected chi connectivity index (χ4v) is 5.91. The van der Waals surface area contributed by atoms with Crippen LogP contribution in [0.15, 0.2) is 68.0 Å². The van der Waals surface area contributed by atoms with E-state index in [0.29, 0.717) is 33.1 Å². The SMILES string of the molecule is COc1cccc([C@@H]2C(C(=O)OC(C)C)=C(C)N=c3s/c(=C4/C(=O)Nc5ccc(Br)cc54)c(=O)n32)c1. The molecule has 3 heterocycles. The van der Waals surface area contributed by atoms with Crippen molar-refractivity contribution in [2.45, 2.75) is 32.9 Å². The number of nitrogens with zero attached hydrogens (tertiary/aromatic N) is 2. The highest BCUT2D eigenvalue weighted by Gasteiger charge is 2.35. The lowest BCUT2D eigenvalue weighted by Gasteiger charge is -2.25. The van der Waals surface area contributed by atoms with Gasteiger partial charge in [-0.2, -0.15) is 0 Å². The summed E-state index contributed by atoms with van der Waals surface area (Å²) in [6.45, 7) is 5.25. The molecule has 1 N–H and O–H groups in total. The van der Waals surface area contributed by atoms with Gasteiger partial charge in [0.25, 0.3) is 11.5 Å². The number of carbonyl (C=O) groups excluding carboxylic acids is 2. The quantitative estimate of drug-likeness (QED) is 0.488. The molecule has 184 valence electrons. The number of methoxy groups -OCH3 is 1. The molecule has 1 atom stereocenters. The van der Waals surface area contributed by atoms with E-state index in [1.54, 1.807) is 58.2 Å². The number of esters is 1. The van der Waals surface area contributed by atoms with Crippen molar-refractivity contribution < 1.29 is 19.1 Å². The Labute approximate surface area is 218 Å². The summed E-state index contributed by atoms with van der Waals surface area (Å²) in [5.41, 5.74) is 2.51. The number of carbonyl (C=O) groups is 2. The number of rotatable bonds is 4. The van der Waals surface area contributed by atoms with Crippen LogP contribution in [0.2, 0.25) is 0 Å². The Morgan fingerprint density at radius 1 is 1.19 bits per heavy atom. The molecule has 1 amide bonds. The Balaban J connectivity index is 1.82. The first-order chi connectivity index (χ1) is 17.2. The number of nitrogens with one attached hydrogen (secondary N) is 1. The van der Waals surface area contributed by atoms with Crippen LogP contribution in [-0.4, -0.2) is 29.7 Å². The molecule has 8 nitrogen and oxygen atoms in total. The van der Waals surface area contributed by atoms with Crippen LogP contribution in [0.5, 0.6) is 5.75 Å². The second kappa shape index (κ2) is 9.18. The van der Waals surface area contributed by atoms with Crippen LogP contribution in [0, 0.1) is 0 Å². The number of aromatic nitrogens is 1. The van der Waals surface area contributed by atoms with Gasteiger partial charge in [-0.15, -0.1) is 0 Å². The first-order valence-corrected chi connectivity index (χ1v) is 12.8. The summed E-state index contributed by atoms with van der Waals surface area (Å²) in [4.78, 5) is 45.2. The van der Waals surface area contributed by atoms with Gasteiger partial charge in [0.1, 0.15) is 10.3 Å². The van der Waals surface area contributed by atoms with E-state index in [1.807, 2.05) is 12.1 Å².